The highest BCUT2D eigenvalue weighted by Gasteiger charge is 2.14. The van der Waals surface area contributed by atoms with Crippen LogP contribution in [0.1, 0.15) is 23.7 Å². The number of methoxy groups -OCH3 is 1. The largest absolute Gasteiger partial charge is 0.469 e. The van der Waals surface area contributed by atoms with E-state index in [-0.39, 0.29) is 12.3 Å². The predicted molar refractivity (Wildman–Crippen MR) is 69.7 cm³/mol. The van der Waals surface area contributed by atoms with Crippen molar-refractivity contribution in [2.45, 2.75) is 13.3 Å². The van der Waals surface area contributed by atoms with Crippen molar-refractivity contribution in [3.05, 3.63) is 29.8 Å². The highest BCUT2D eigenvalue weighted by Crippen LogP contribution is 2.15. The molecule has 0 heterocycles. The van der Waals surface area contributed by atoms with Crippen LogP contribution in [0.4, 0.5) is 5.69 Å². The minimum atomic E-state index is -0.631. The molecular formula is C13H16N2O4. The van der Waals surface area contributed by atoms with E-state index in [0.29, 0.717) is 17.8 Å². The summed E-state index contributed by atoms with van der Waals surface area (Å²) in [6.07, 6.45) is -0.389. The minimum absolute atomic E-state index is 0.281. The molecule has 19 heavy (non-hydrogen) atoms. The number of ether oxygens (including phenoxy) is 1. The molecular weight excluding hydrogens is 248 g/mol. The molecule has 1 aromatic rings. The number of carbonyl (C=O) groups is 3. The first kappa shape index (κ1) is 14.7. The van der Waals surface area contributed by atoms with Crippen molar-refractivity contribution in [3.63, 3.8) is 0 Å². The van der Waals surface area contributed by atoms with Gasteiger partial charge in [0.2, 0.25) is 5.91 Å². The molecule has 0 aliphatic carbocycles. The van der Waals surface area contributed by atoms with Gasteiger partial charge in [0.1, 0.15) is 6.42 Å². The molecule has 0 spiro atoms. The second kappa shape index (κ2) is 7.15. The van der Waals surface area contributed by atoms with Crippen molar-refractivity contribution in [1.29, 1.82) is 0 Å². The van der Waals surface area contributed by atoms with Crippen molar-refractivity contribution >= 4 is 23.5 Å². The van der Waals surface area contributed by atoms with Crippen LogP contribution in [0.5, 0.6) is 0 Å². The topological polar surface area (TPSA) is 84.5 Å². The van der Waals surface area contributed by atoms with Gasteiger partial charge in [-0.3, -0.25) is 14.4 Å². The van der Waals surface area contributed by atoms with E-state index in [4.69, 9.17) is 0 Å². The second-order valence-corrected chi connectivity index (χ2v) is 3.71. The molecule has 0 saturated carbocycles. The summed E-state index contributed by atoms with van der Waals surface area (Å²) in [6, 6.07) is 6.58. The van der Waals surface area contributed by atoms with Gasteiger partial charge < -0.3 is 15.4 Å². The van der Waals surface area contributed by atoms with Crippen LogP contribution in [0.2, 0.25) is 0 Å². The Bertz CT molecular complexity index is 485. The Labute approximate surface area is 111 Å². The molecule has 1 rings (SSSR count). The van der Waals surface area contributed by atoms with E-state index in [1.54, 1.807) is 31.2 Å². The Morgan fingerprint density at radius 2 is 1.89 bits per heavy atom. The molecule has 0 fully saturated rings. The summed E-state index contributed by atoms with van der Waals surface area (Å²) >= 11 is 0. The van der Waals surface area contributed by atoms with Gasteiger partial charge in [-0.1, -0.05) is 12.1 Å². The number of rotatable bonds is 5. The molecule has 6 nitrogen and oxygen atoms in total. The maximum atomic E-state index is 11.8. The second-order valence-electron chi connectivity index (χ2n) is 3.71. The fourth-order valence-corrected chi connectivity index (χ4v) is 1.44. The van der Waals surface area contributed by atoms with Crippen LogP contribution < -0.4 is 10.6 Å². The molecule has 6 heteroatoms. The van der Waals surface area contributed by atoms with Crippen LogP contribution in [0.25, 0.3) is 0 Å². The molecule has 0 aromatic heterocycles. The third-order valence-electron chi connectivity index (χ3n) is 2.32. The van der Waals surface area contributed by atoms with Crippen LogP contribution in [-0.2, 0) is 14.3 Å². The Morgan fingerprint density at radius 3 is 2.53 bits per heavy atom. The van der Waals surface area contributed by atoms with Gasteiger partial charge in [0, 0.05) is 6.54 Å². The maximum absolute atomic E-state index is 11.8. The minimum Gasteiger partial charge on any atom is -0.469 e. The summed E-state index contributed by atoms with van der Waals surface area (Å²) in [5, 5.41) is 5.16. The smallest absolute Gasteiger partial charge is 0.315 e. The van der Waals surface area contributed by atoms with Crippen LogP contribution in [0.3, 0.4) is 0 Å². The zero-order valence-electron chi connectivity index (χ0n) is 10.9. The predicted octanol–water partition coefficient (Wildman–Crippen LogP) is 0.938. The number of amides is 2. The zero-order valence-corrected chi connectivity index (χ0v) is 10.9. The first-order chi connectivity index (χ1) is 9.08. The number of para-hydroxylation sites is 1. The lowest BCUT2D eigenvalue weighted by molar-refractivity contribution is -0.142. The summed E-state index contributed by atoms with van der Waals surface area (Å²) in [6.45, 7) is 2.29. The SMILES string of the molecule is CCNC(=O)c1ccccc1NC(=O)CC(=O)OC. The Hall–Kier alpha value is -2.37. The normalized spacial score (nSPS) is 9.58. The van der Waals surface area contributed by atoms with Crippen LogP contribution in [0, 0.1) is 0 Å². The van der Waals surface area contributed by atoms with E-state index in [1.165, 1.54) is 7.11 Å². The molecule has 0 atom stereocenters. The van der Waals surface area contributed by atoms with Crippen molar-refractivity contribution in [1.82, 2.24) is 5.32 Å². The number of hydrogen-bond donors (Lipinski definition) is 2. The monoisotopic (exact) mass is 264 g/mol. The van der Waals surface area contributed by atoms with Gasteiger partial charge in [-0.2, -0.15) is 0 Å². The molecule has 102 valence electrons. The molecule has 0 saturated heterocycles. The van der Waals surface area contributed by atoms with Gasteiger partial charge >= 0.3 is 5.97 Å². The summed E-state index contributed by atoms with van der Waals surface area (Å²) in [4.78, 5) is 34.3. The first-order valence-electron chi connectivity index (χ1n) is 5.82. The molecule has 0 unspecified atom stereocenters. The standard InChI is InChI=1S/C13H16N2O4/c1-3-14-13(18)9-6-4-5-7-10(9)15-11(16)8-12(17)19-2/h4-7H,3,8H2,1-2H3,(H,14,18)(H,15,16). The van der Waals surface area contributed by atoms with E-state index in [2.05, 4.69) is 15.4 Å². The molecule has 2 N–H and O–H groups in total. The molecule has 2 amide bonds. The van der Waals surface area contributed by atoms with Crippen molar-refractivity contribution in [3.8, 4) is 0 Å². The number of benzene rings is 1. The van der Waals surface area contributed by atoms with Crippen LogP contribution in [-0.4, -0.2) is 31.4 Å². The number of hydrogen-bond acceptors (Lipinski definition) is 4. The number of nitrogens with one attached hydrogen (secondary N) is 2. The third kappa shape index (κ3) is 4.42. The lowest BCUT2D eigenvalue weighted by Crippen LogP contribution is -2.25. The fraction of sp³-hybridized carbons (Fsp3) is 0.308. The van der Waals surface area contributed by atoms with Gasteiger partial charge in [0.25, 0.3) is 5.91 Å². The number of anilines is 1. The van der Waals surface area contributed by atoms with E-state index < -0.39 is 11.9 Å². The van der Waals surface area contributed by atoms with Gasteiger partial charge in [0.05, 0.1) is 18.4 Å². The average molecular weight is 264 g/mol. The fourth-order valence-electron chi connectivity index (χ4n) is 1.44. The third-order valence-corrected chi connectivity index (χ3v) is 2.32. The van der Waals surface area contributed by atoms with E-state index in [9.17, 15) is 14.4 Å². The maximum Gasteiger partial charge on any atom is 0.315 e. The molecule has 0 radical (unpaired) electrons. The summed E-state index contributed by atoms with van der Waals surface area (Å²) in [5.74, 6) is -1.44. The Morgan fingerprint density at radius 1 is 1.21 bits per heavy atom. The number of carbonyl (C=O) groups excluding carboxylic acids is 3. The summed E-state index contributed by atoms with van der Waals surface area (Å²) < 4.78 is 4.40. The molecule has 0 aliphatic rings. The van der Waals surface area contributed by atoms with Crippen LogP contribution >= 0.6 is 0 Å². The van der Waals surface area contributed by atoms with Gasteiger partial charge in [-0.15, -0.1) is 0 Å². The highest BCUT2D eigenvalue weighted by atomic mass is 16.5. The van der Waals surface area contributed by atoms with Gasteiger partial charge in [-0.25, -0.2) is 0 Å². The summed E-state index contributed by atoms with van der Waals surface area (Å²) in [7, 11) is 1.21. The van der Waals surface area contributed by atoms with E-state index in [1.807, 2.05) is 0 Å². The quantitative estimate of drug-likeness (QED) is 0.612. The van der Waals surface area contributed by atoms with E-state index in [0.717, 1.165) is 0 Å². The molecule has 0 aliphatic heterocycles. The highest BCUT2D eigenvalue weighted by molar-refractivity contribution is 6.07. The molecule has 0 bridgehead atoms. The summed E-state index contributed by atoms with van der Waals surface area (Å²) in [5.41, 5.74) is 0.713. The Balaban J connectivity index is 2.80. The van der Waals surface area contributed by atoms with E-state index >= 15 is 0 Å². The first-order valence-corrected chi connectivity index (χ1v) is 5.82. The molecule has 1 aromatic carbocycles. The average Bonchev–Trinajstić information content (AvgIpc) is 2.39. The van der Waals surface area contributed by atoms with Gasteiger partial charge in [-0.05, 0) is 19.1 Å². The lowest BCUT2D eigenvalue weighted by Gasteiger charge is -2.10. The number of esters is 1. The van der Waals surface area contributed by atoms with Crippen LogP contribution in [0.15, 0.2) is 24.3 Å². The Kier molecular flexibility index (Phi) is 5.53. The van der Waals surface area contributed by atoms with Crippen molar-refractivity contribution in [2.24, 2.45) is 0 Å². The van der Waals surface area contributed by atoms with Gasteiger partial charge in [0.15, 0.2) is 0 Å². The zero-order chi connectivity index (χ0) is 14.3. The van der Waals surface area contributed by atoms with Crippen molar-refractivity contribution in [2.75, 3.05) is 19.0 Å². The van der Waals surface area contributed by atoms with Crippen molar-refractivity contribution < 1.29 is 19.1 Å². The lowest BCUT2D eigenvalue weighted by atomic mass is 10.1.